The lowest BCUT2D eigenvalue weighted by Gasteiger charge is -2.24. The van der Waals surface area contributed by atoms with Crippen LogP contribution in [0.1, 0.15) is 18.4 Å². The lowest BCUT2D eigenvalue weighted by molar-refractivity contribution is -0.119. The van der Waals surface area contributed by atoms with Gasteiger partial charge in [0.05, 0.1) is 10.4 Å². The topological polar surface area (TPSA) is 111 Å². The van der Waals surface area contributed by atoms with E-state index in [-0.39, 0.29) is 21.5 Å². The number of primary amides is 1. The molecule has 0 spiro atoms. The molecule has 146 valence electrons. The van der Waals surface area contributed by atoms with Crippen molar-refractivity contribution >= 4 is 44.4 Å². The Labute approximate surface area is 167 Å². The summed E-state index contributed by atoms with van der Waals surface area (Å²) < 4.78 is 27.6. The Bertz CT molecular complexity index is 1170. The number of nitrogens with zero attached hydrogens (tertiary/aromatic N) is 4. The summed E-state index contributed by atoms with van der Waals surface area (Å²) in [6, 6.07) is 7.56. The van der Waals surface area contributed by atoms with E-state index in [4.69, 9.17) is 17.3 Å². The van der Waals surface area contributed by atoms with E-state index in [1.54, 1.807) is 35.2 Å². The van der Waals surface area contributed by atoms with Crippen LogP contribution in [-0.4, -0.2) is 40.9 Å². The van der Waals surface area contributed by atoms with Gasteiger partial charge in [0.1, 0.15) is 11.6 Å². The minimum Gasteiger partial charge on any atom is -0.368 e. The lowest BCUT2D eigenvalue weighted by Crippen LogP contribution is -2.41. The minimum absolute atomic E-state index is 0.0249. The first-order chi connectivity index (χ1) is 13.3. The molecule has 1 unspecified atom stereocenters. The Balaban J connectivity index is 1.94. The molecule has 1 aliphatic rings. The molecule has 1 saturated heterocycles. The Morgan fingerprint density at radius 2 is 1.93 bits per heavy atom. The molecule has 1 fully saturated rings. The zero-order chi connectivity index (χ0) is 20.1. The van der Waals surface area contributed by atoms with Crippen molar-refractivity contribution in [2.75, 3.05) is 11.4 Å². The summed E-state index contributed by atoms with van der Waals surface area (Å²) in [5, 5.41) is -0.0249. The molecule has 1 amide bonds. The number of fused-ring (bicyclic) bond motifs is 1. The van der Waals surface area contributed by atoms with Gasteiger partial charge in [-0.25, -0.2) is 17.4 Å². The van der Waals surface area contributed by atoms with Crippen LogP contribution in [0.2, 0.25) is 5.28 Å². The molecule has 28 heavy (non-hydrogen) atoms. The molecule has 8 nitrogen and oxygen atoms in total. The summed E-state index contributed by atoms with van der Waals surface area (Å²) in [6.07, 6.45) is 2.73. The first kappa shape index (κ1) is 18.7. The molecule has 0 aliphatic carbocycles. The van der Waals surface area contributed by atoms with Gasteiger partial charge in [0.25, 0.3) is 10.0 Å². The first-order valence-corrected chi connectivity index (χ1v) is 10.5. The Kier molecular flexibility index (Phi) is 4.51. The highest BCUT2D eigenvalue weighted by Crippen LogP contribution is 2.33. The van der Waals surface area contributed by atoms with Crippen LogP contribution in [0.5, 0.6) is 0 Å². The van der Waals surface area contributed by atoms with Crippen LogP contribution in [0.15, 0.2) is 41.4 Å². The SMILES string of the molecule is Cc1ccc(S(=O)(=O)n2ccc3nc(Cl)nc(N4CCCC4C(N)=O)c32)cc1. The van der Waals surface area contributed by atoms with Crippen LogP contribution in [0.3, 0.4) is 0 Å². The van der Waals surface area contributed by atoms with Gasteiger partial charge >= 0.3 is 0 Å². The van der Waals surface area contributed by atoms with Crippen LogP contribution in [0.25, 0.3) is 11.0 Å². The molecule has 1 aromatic carbocycles. The molecule has 2 N–H and O–H groups in total. The standard InChI is InChI=1S/C18H18ClN5O3S/c1-11-4-6-12(7-5-11)28(26,27)24-10-8-13-15(24)17(22-18(19)21-13)23-9-2-3-14(23)16(20)25/h4-8,10,14H,2-3,9H2,1H3,(H2,20,25). The van der Waals surface area contributed by atoms with Crippen LogP contribution in [0, 0.1) is 6.92 Å². The van der Waals surface area contributed by atoms with E-state index in [9.17, 15) is 13.2 Å². The predicted octanol–water partition coefficient (Wildman–Crippen LogP) is 2.08. The smallest absolute Gasteiger partial charge is 0.268 e. The van der Waals surface area contributed by atoms with E-state index in [1.165, 1.54) is 6.20 Å². The zero-order valence-electron chi connectivity index (χ0n) is 15.0. The van der Waals surface area contributed by atoms with Gasteiger partial charge < -0.3 is 10.6 Å². The normalized spacial score (nSPS) is 17.4. The highest BCUT2D eigenvalue weighted by molar-refractivity contribution is 7.90. The van der Waals surface area contributed by atoms with Crippen LogP contribution in [-0.2, 0) is 14.8 Å². The van der Waals surface area contributed by atoms with E-state index < -0.39 is 22.0 Å². The van der Waals surface area contributed by atoms with Gasteiger partial charge in [0.15, 0.2) is 5.82 Å². The van der Waals surface area contributed by atoms with E-state index >= 15 is 0 Å². The number of halogens is 1. The lowest BCUT2D eigenvalue weighted by atomic mass is 10.2. The number of aryl methyl sites for hydroxylation is 1. The van der Waals surface area contributed by atoms with Gasteiger partial charge in [-0.2, -0.15) is 4.98 Å². The molecule has 1 aliphatic heterocycles. The van der Waals surface area contributed by atoms with E-state index in [2.05, 4.69) is 9.97 Å². The highest BCUT2D eigenvalue weighted by atomic mass is 35.5. The fraction of sp³-hybridized carbons (Fsp3) is 0.278. The van der Waals surface area contributed by atoms with Crippen molar-refractivity contribution in [1.82, 2.24) is 13.9 Å². The summed E-state index contributed by atoms with van der Waals surface area (Å²) >= 11 is 6.06. The molecule has 3 aromatic rings. The molecule has 2 aromatic heterocycles. The van der Waals surface area contributed by atoms with E-state index in [0.29, 0.717) is 18.5 Å². The Hall–Kier alpha value is -2.65. The molecular weight excluding hydrogens is 402 g/mol. The van der Waals surface area contributed by atoms with Crippen molar-refractivity contribution in [3.8, 4) is 0 Å². The van der Waals surface area contributed by atoms with Crippen LogP contribution < -0.4 is 10.6 Å². The third-order valence-corrected chi connectivity index (χ3v) is 6.74. The summed E-state index contributed by atoms with van der Waals surface area (Å²) in [6.45, 7) is 2.40. The first-order valence-electron chi connectivity index (χ1n) is 8.72. The highest BCUT2D eigenvalue weighted by Gasteiger charge is 2.33. The average molecular weight is 420 g/mol. The third kappa shape index (κ3) is 3.00. The van der Waals surface area contributed by atoms with E-state index in [0.717, 1.165) is 16.0 Å². The number of anilines is 1. The molecule has 1 atom stereocenters. The number of hydrogen-bond acceptors (Lipinski definition) is 6. The van der Waals surface area contributed by atoms with Crippen molar-refractivity contribution in [2.24, 2.45) is 5.73 Å². The predicted molar refractivity (Wildman–Crippen MR) is 106 cm³/mol. The monoisotopic (exact) mass is 419 g/mol. The fourth-order valence-electron chi connectivity index (χ4n) is 3.51. The average Bonchev–Trinajstić information content (AvgIpc) is 3.28. The van der Waals surface area contributed by atoms with Crippen molar-refractivity contribution < 1.29 is 13.2 Å². The van der Waals surface area contributed by atoms with Gasteiger partial charge in [0.2, 0.25) is 11.2 Å². The number of amides is 1. The van der Waals surface area contributed by atoms with E-state index in [1.807, 2.05) is 6.92 Å². The van der Waals surface area contributed by atoms with Crippen molar-refractivity contribution in [3.63, 3.8) is 0 Å². The molecule has 0 saturated carbocycles. The number of hydrogen-bond donors (Lipinski definition) is 1. The second kappa shape index (κ2) is 6.75. The Morgan fingerprint density at radius 3 is 2.61 bits per heavy atom. The van der Waals surface area contributed by atoms with Crippen molar-refractivity contribution in [2.45, 2.75) is 30.7 Å². The second-order valence-corrected chi connectivity index (χ2v) is 8.89. The number of rotatable bonds is 4. The molecule has 4 rings (SSSR count). The van der Waals surface area contributed by atoms with Gasteiger partial charge in [-0.15, -0.1) is 0 Å². The number of benzene rings is 1. The molecule has 3 heterocycles. The summed E-state index contributed by atoms with van der Waals surface area (Å²) in [5.41, 5.74) is 7.13. The van der Waals surface area contributed by atoms with Crippen molar-refractivity contribution in [1.29, 1.82) is 0 Å². The molecule has 10 heteroatoms. The maximum absolute atomic E-state index is 13.3. The molecular formula is C18H18ClN5O3S. The number of carbonyl (C=O) groups excluding carboxylic acids is 1. The van der Waals surface area contributed by atoms with Crippen molar-refractivity contribution in [3.05, 3.63) is 47.4 Å². The fourth-order valence-corrected chi connectivity index (χ4v) is 5.03. The summed E-state index contributed by atoms with van der Waals surface area (Å²) in [4.78, 5) is 22.1. The number of carbonyl (C=O) groups is 1. The minimum atomic E-state index is -3.89. The maximum atomic E-state index is 13.3. The summed E-state index contributed by atoms with van der Waals surface area (Å²) in [5.74, 6) is -0.197. The van der Waals surface area contributed by atoms with Gasteiger partial charge in [0, 0.05) is 12.7 Å². The summed E-state index contributed by atoms with van der Waals surface area (Å²) in [7, 11) is -3.89. The second-order valence-electron chi connectivity index (χ2n) is 6.73. The molecule has 0 radical (unpaired) electrons. The zero-order valence-corrected chi connectivity index (χ0v) is 16.6. The third-order valence-electron chi connectivity index (χ3n) is 4.88. The van der Waals surface area contributed by atoms with Gasteiger partial charge in [-0.1, -0.05) is 17.7 Å². The van der Waals surface area contributed by atoms with Gasteiger partial charge in [-0.05, 0) is 49.6 Å². The Morgan fingerprint density at radius 1 is 1.21 bits per heavy atom. The number of aromatic nitrogens is 3. The number of nitrogens with two attached hydrogens (primary N) is 1. The quantitative estimate of drug-likeness (QED) is 0.648. The maximum Gasteiger partial charge on any atom is 0.268 e. The van der Waals surface area contributed by atoms with Crippen LogP contribution in [0.4, 0.5) is 5.82 Å². The van der Waals surface area contributed by atoms with Crippen LogP contribution >= 0.6 is 11.6 Å². The molecule has 0 bridgehead atoms. The largest absolute Gasteiger partial charge is 0.368 e. The van der Waals surface area contributed by atoms with Gasteiger partial charge in [-0.3, -0.25) is 4.79 Å².